The van der Waals surface area contributed by atoms with Crippen molar-refractivity contribution in [3.05, 3.63) is 23.9 Å². The lowest BCUT2D eigenvalue weighted by atomic mass is 10.3. The van der Waals surface area contributed by atoms with Crippen LogP contribution in [0.5, 0.6) is 0 Å². The first-order valence-electron chi connectivity index (χ1n) is 4.96. The fraction of sp³-hybridized carbons (Fsp3) is 0.300. The molecule has 2 heterocycles. The van der Waals surface area contributed by atoms with Crippen molar-refractivity contribution >= 4 is 17.7 Å². The molecule has 0 unspecified atom stereocenters. The van der Waals surface area contributed by atoms with E-state index < -0.39 is 6.09 Å². The van der Waals surface area contributed by atoms with Gasteiger partial charge in [-0.25, -0.2) is 9.31 Å². The Kier molecular flexibility index (Phi) is 2.72. The number of aromatic nitrogens is 3. The van der Waals surface area contributed by atoms with Gasteiger partial charge in [-0.05, 0) is 31.5 Å². The number of carbonyl (C=O) groups is 1. The maximum Gasteiger partial charge on any atom is 0.414 e. The van der Waals surface area contributed by atoms with Crippen molar-refractivity contribution in [1.82, 2.24) is 14.6 Å². The summed E-state index contributed by atoms with van der Waals surface area (Å²) in [6, 6.07) is 3.79. The second-order valence-corrected chi connectivity index (χ2v) is 3.29. The van der Waals surface area contributed by atoms with Crippen molar-refractivity contribution in [1.29, 1.82) is 0 Å². The van der Waals surface area contributed by atoms with Crippen LogP contribution in [-0.2, 0) is 4.74 Å². The topological polar surface area (TPSA) is 68.5 Å². The highest BCUT2D eigenvalue weighted by atomic mass is 16.5. The van der Waals surface area contributed by atoms with E-state index in [-0.39, 0.29) is 5.95 Å². The highest BCUT2D eigenvalue weighted by Crippen LogP contribution is 2.07. The number of hydrogen-bond donors (Lipinski definition) is 1. The zero-order valence-electron chi connectivity index (χ0n) is 9.10. The Morgan fingerprint density at radius 1 is 1.62 bits per heavy atom. The third-order valence-electron chi connectivity index (χ3n) is 1.98. The molecule has 0 aliphatic rings. The van der Waals surface area contributed by atoms with E-state index in [2.05, 4.69) is 15.4 Å². The van der Waals surface area contributed by atoms with Crippen LogP contribution in [-0.4, -0.2) is 27.3 Å². The Bertz CT molecular complexity index is 521. The van der Waals surface area contributed by atoms with Crippen LogP contribution in [0, 0.1) is 6.92 Å². The van der Waals surface area contributed by atoms with Crippen LogP contribution < -0.4 is 5.32 Å². The molecular formula is C10H12N4O2. The molecule has 2 aromatic heterocycles. The Labute approximate surface area is 92.2 Å². The third kappa shape index (κ3) is 2.10. The lowest BCUT2D eigenvalue weighted by molar-refractivity contribution is 0.167. The maximum absolute atomic E-state index is 11.1. The number of hydrogen-bond acceptors (Lipinski definition) is 4. The zero-order chi connectivity index (χ0) is 11.5. The van der Waals surface area contributed by atoms with E-state index in [1.165, 1.54) is 0 Å². The maximum atomic E-state index is 11.1. The van der Waals surface area contributed by atoms with Gasteiger partial charge < -0.3 is 4.74 Å². The summed E-state index contributed by atoms with van der Waals surface area (Å²) in [6.45, 7) is 4.02. The van der Waals surface area contributed by atoms with Gasteiger partial charge >= 0.3 is 6.09 Å². The predicted molar refractivity (Wildman–Crippen MR) is 58.4 cm³/mol. The monoisotopic (exact) mass is 220 g/mol. The van der Waals surface area contributed by atoms with Gasteiger partial charge in [0.2, 0.25) is 0 Å². The molecule has 2 aromatic rings. The summed E-state index contributed by atoms with van der Waals surface area (Å²) >= 11 is 0. The first kappa shape index (κ1) is 10.4. The molecule has 0 aliphatic heterocycles. The van der Waals surface area contributed by atoms with E-state index in [9.17, 15) is 4.79 Å². The largest absolute Gasteiger partial charge is 0.450 e. The van der Waals surface area contributed by atoms with Crippen LogP contribution in [0.1, 0.15) is 12.5 Å². The molecule has 16 heavy (non-hydrogen) atoms. The van der Waals surface area contributed by atoms with Gasteiger partial charge in [-0.15, -0.1) is 5.10 Å². The average Bonchev–Trinajstić information content (AvgIpc) is 2.59. The van der Waals surface area contributed by atoms with Crippen LogP contribution in [0.2, 0.25) is 0 Å². The molecule has 1 amide bonds. The summed E-state index contributed by atoms with van der Waals surface area (Å²) in [5, 5.41) is 6.52. The number of ether oxygens (including phenoxy) is 1. The molecule has 0 saturated carbocycles. The third-order valence-corrected chi connectivity index (χ3v) is 1.98. The summed E-state index contributed by atoms with van der Waals surface area (Å²) < 4.78 is 6.32. The van der Waals surface area contributed by atoms with E-state index in [1.54, 1.807) is 17.6 Å². The lowest BCUT2D eigenvalue weighted by Gasteiger charge is -1.98. The van der Waals surface area contributed by atoms with E-state index in [1.807, 2.05) is 19.1 Å². The van der Waals surface area contributed by atoms with Gasteiger partial charge in [-0.1, -0.05) is 0 Å². The van der Waals surface area contributed by atoms with Gasteiger partial charge in [0.05, 0.1) is 6.61 Å². The van der Waals surface area contributed by atoms with Crippen molar-refractivity contribution in [2.24, 2.45) is 0 Å². The summed E-state index contributed by atoms with van der Waals surface area (Å²) in [5.41, 5.74) is 1.77. The number of nitrogens with zero attached hydrogens (tertiary/aromatic N) is 3. The van der Waals surface area contributed by atoms with Crippen molar-refractivity contribution in [3.63, 3.8) is 0 Å². The van der Waals surface area contributed by atoms with Crippen LogP contribution in [0.3, 0.4) is 0 Å². The first-order chi connectivity index (χ1) is 7.69. The van der Waals surface area contributed by atoms with E-state index in [0.29, 0.717) is 12.3 Å². The number of rotatable bonds is 2. The Hall–Kier alpha value is -2.11. The van der Waals surface area contributed by atoms with E-state index in [4.69, 9.17) is 4.74 Å². The summed E-state index contributed by atoms with van der Waals surface area (Å²) in [4.78, 5) is 15.3. The number of amides is 1. The number of anilines is 1. The molecule has 6 heteroatoms. The van der Waals surface area contributed by atoms with Crippen LogP contribution in [0.25, 0.3) is 5.65 Å². The molecule has 0 saturated heterocycles. The predicted octanol–water partition coefficient (Wildman–Crippen LogP) is 1.61. The number of fused-ring (bicyclic) bond motifs is 1. The fourth-order valence-electron chi connectivity index (χ4n) is 1.29. The van der Waals surface area contributed by atoms with Gasteiger partial charge in [-0.2, -0.15) is 4.98 Å². The van der Waals surface area contributed by atoms with Gasteiger partial charge in [0.1, 0.15) is 0 Å². The average molecular weight is 220 g/mol. The summed E-state index contributed by atoms with van der Waals surface area (Å²) in [5.74, 6) is 0.240. The molecule has 2 rings (SSSR count). The highest BCUT2D eigenvalue weighted by molar-refractivity contribution is 5.82. The first-order valence-corrected chi connectivity index (χ1v) is 4.96. The molecule has 1 N–H and O–H groups in total. The molecule has 0 bridgehead atoms. The van der Waals surface area contributed by atoms with E-state index in [0.717, 1.165) is 5.56 Å². The lowest BCUT2D eigenvalue weighted by Crippen LogP contribution is -2.14. The highest BCUT2D eigenvalue weighted by Gasteiger charge is 2.07. The number of carbonyl (C=O) groups excluding carboxylic acids is 1. The molecule has 84 valence electrons. The van der Waals surface area contributed by atoms with Gasteiger partial charge in [0.15, 0.2) is 5.65 Å². The fourth-order valence-corrected chi connectivity index (χ4v) is 1.29. The molecule has 6 nitrogen and oxygen atoms in total. The van der Waals surface area contributed by atoms with Gasteiger partial charge in [0, 0.05) is 6.20 Å². The van der Waals surface area contributed by atoms with Crippen molar-refractivity contribution in [2.45, 2.75) is 13.8 Å². The standard InChI is InChI=1S/C10H12N4O2/c1-3-16-10(15)12-9-11-8-6-7(2)4-5-14(8)13-9/h4-6H,3H2,1-2H3,(H,12,13,15). The molecule has 0 atom stereocenters. The molecule has 0 aliphatic carbocycles. The molecule has 0 aromatic carbocycles. The number of pyridine rings is 1. The smallest absolute Gasteiger partial charge is 0.414 e. The quantitative estimate of drug-likeness (QED) is 0.834. The van der Waals surface area contributed by atoms with Crippen molar-refractivity contribution in [2.75, 3.05) is 11.9 Å². The van der Waals surface area contributed by atoms with Crippen LogP contribution in [0.15, 0.2) is 18.3 Å². The van der Waals surface area contributed by atoms with Gasteiger partial charge in [0.25, 0.3) is 5.95 Å². The Morgan fingerprint density at radius 3 is 3.19 bits per heavy atom. The number of nitrogens with one attached hydrogen (secondary N) is 1. The SMILES string of the molecule is CCOC(=O)Nc1nc2cc(C)ccn2n1. The summed E-state index contributed by atoms with van der Waals surface area (Å²) in [7, 11) is 0. The molecule has 0 spiro atoms. The van der Waals surface area contributed by atoms with E-state index >= 15 is 0 Å². The van der Waals surface area contributed by atoms with Crippen molar-refractivity contribution in [3.8, 4) is 0 Å². The minimum Gasteiger partial charge on any atom is -0.450 e. The van der Waals surface area contributed by atoms with Gasteiger partial charge in [-0.3, -0.25) is 5.32 Å². The number of aryl methyl sites for hydroxylation is 1. The Balaban J connectivity index is 2.23. The molecule has 0 fully saturated rings. The normalized spacial score (nSPS) is 10.4. The van der Waals surface area contributed by atoms with Crippen LogP contribution >= 0.6 is 0 Å². The minimum absolute atomic E-state index is 0.240. The van der Waals surface area contributed by atoms with Crippen molar-refractivity contribution < 1.29 is 9.53 Å². The zero-order valence-corrected chi connectivity index (χ0v) is 9.10. The Morgan fingerprint density at radius 2 is 2.44 bits per heavy atom. The summed E-state index contributed by atoms with van der Waals surface area (Å²) in [6.07, 6.45) is 1.24. The second-order valence-electron chi connectivity index (χ2n) is 3.29. The molecular weight excluding hydrogens is 208 g/mol. The minimum atomic E-state index is -0.546. The second kappa shape index (κ2) is 4.18. The van der Waals surface area contributed by atoms with Crippen LogP contribution in [0.4, 0.5) is 10.7 Å². The molecule has 0 radical (unpaired) electrons.